The highest BCUT2D eigenvalue weighted by Gasteiger charge is 2.13. The van der Waals surface area contributed by atoms with Gasteiger partial charge in [-0.15, -0.1) is 6.58 Å². The molecule has 0 aliphatic heterocycles. The van der Waals surface area contributed by atoms with Gasteiger partial charge in [0.2, 0.25) is 0 Å². The van der Waals surface area contributed by atoms with Crippen molar-refractivity contribution >= 4 is 23.3 Å². The smallest absolute Gasteiger partial charge is 0.164 e. The van der Waals surface area contributed by atoms with E-state index in [2.05, 4.69) is 12.6 Å². The largest absolute Gasteiger partial charge is 0.490 e. The Labute approximate surface area is 160 Å². The first-order valence-corrected chi connectivity index (χ1v) is 8.91. The van der Waals surface area contributed by atoms with Gasteiger partial charge in [0, 0.05) is 10.6 Å². The minimum atomic E-state index is 0.531. The van der Waals surface area contributed by atoms with Crippen LogP contribution < -0.4 is 9.47 Å². The average Bonchev–Trinajstić information content (AvgIpc) is 2.64. The van der Waals surface area contributed by atoms with Crippen LogP contribution in [0.2, 0.25) is 5.02 Å². The van der Waals surface area contributed by atoms with E-state index in [0.29, 0.717) is 36.0 Å². The van der Waals surface area contributed by atoms with E-state index in [1.165, 1.54) is 0 Å². The van der Waals surface area contributed by atoms with E-state index >= 15 is 0 Å². The summed E-state index contributed by atoms with van der Waals surface area (Å²) < 4.78 is 11.5. The Kier molecular flexibility index (Phi) is 7.32. The van der Waals surface area contributed by atoms with Crippen LogP contribution in [0.1, 0.15) is 30.5 Å². The van der Waals surface area contributed by atoms with Crippen molar-refractivity contribution in [1.29, 1.82) is 5.26 Å². The number of ether oxygens (including phenoxy) is 2. The second-order valence-electron chi connectivity index (χ2n) is 5.54. The van der Waals surface area contributed by atoms with Gasteiger partial charge in [-0.3, -0.25) is 0 Å². The fourth-order valence-electron chi connectivity index (χ4n) is 2.62. The third-order valence-electron chi connectivity index (χ3n) is 3.69. The van der Waals surface area contributed by atoms with Crippen LogP contribution in [-0.4, -0.2) is 13.2 Å². The molecular formula is C22H22ClNO2. The summed E-state index contributed by atoms with van der Waals surface area (Å²) in [6, 6.07) is 13.4. The predicted octanol–water partition coefficient (Wildman–Crippen LogP) is 5.93. The second-order valence-corrected chi connectivity index (χ2v) is 5.98. The molecule has 26 heavy (non-hydrogen) atoms. The third kappa shape index (κ3) is 4.91. The molecule has 0 atom stereocenters. The van der Waals surface area contributed by atoms with E-state index in [0.717, 1.165) is 22.4 Å². The maximum Gasteiger partial charge on any atom is 0.164 e. The Morgan fingerprint density at radius 1 is 1.15 bits per heavy atom. The Bertz CT molecular complexity index is 832. The summed E-state index contributed by atoms with van der Waals surface area (Å²) in [6.45, 7) is 8.77. The number of nitrogens with zero attached hydrogens (tertiary/aromatic N) is 1. The average molecular weight is 368 g/mol. The number of halogens is 1. The monoisotopic (exact) mass is 367 g/mol. The highest BCUT2D eigenvalue weighted by molar-refractivity contribution is 6.30. The van der Waals surface area contributed by atoms with Crippen molar-refractivity contribution in [3.63, 3.8) is 0 Å². The molecule has 0 saturated heterocycles. The molecule has 3 nitrogen and oxygen atoms in total. The molecule has 2 rings (SSSR count). The molecule has 0 amide bonds. The van der Waals surface area contributed by atoms with Crippen LogP contribution in [0.5, 0.6) is 11.5 Å². The number of allylic oxidation sites excluding steroid dienone is 2. The van der Waals surface area contributed by atoms with Crippen molar-refractivity contribution in [2.75, 3.05) is 13.2 Å². The van der Waals surface area contributed by atoms with Gasteiger partial charge in [0.1, 0.15) is 0 Å². The lowest BCUT2D eigenvalue weighted by Crippen LogP contribution is -2.02. The highest BCUT2D eigenvalue weighted by atomic mass is 35.5. The second kappa shape index (κ2) is 9.70. The Balaban J connectivity index is 2.54. The molecule has 0 fully saturated rings. The molecule has 4 heteroatoms. The lowest BCUT2D eigenvalue weighted by atomic mass is 10.0. The normalized spacial score (nSPS) is 10.9. The van der Waals surface area contributed by atoms with Gasteiger partial charge in [0.25, 0.3) is 0 Å². The Morgan fingerprint density at radius 3 is 2.42 bits per heavy atom. The van der Waals surface area contributed by atoms with Crippen molar-refractivity contribution in [2.24, 2.45) is 0 Å². The van der Waals surface area contributed by atoms with Crippen LogP contribution in [0.25, 0.3) is 11.6 Å². The molecule has 134 valence electrons. The fourth-order valence-corrected chi connectivity index (χ4v) is 2.75. The van der Waals surface area contributed by atoms with Crippen LogP contribution in [-0.2, 0) is 6.42 Å². The topological polar surface area (TPSA) is 42.2 Å². The van der Waals surface area contributed by atoms with Gasteiger partial charge in [0.05, 0.1) is 24.9 Å². The molecule has 0 N–H and O–H groups in total. The van der Waals surface area contributed by atoms with E-state index in [1.54, 1.807) is 12.1 Å². The van der Waals surface area contributed by atoms with Crippen molar-refractivity contribution < 1.29 is 9.47 Å². The highest BCUT2D eigenvalue weighted by Crippen LogP contribution is 2.35. The van der Waals surface area contributed by atoms with Crippen molar-refractivity contribution in [3.05, 3.63) is 70.8 Å². The first kappa shape index (κ1) is 19.6. The first-order valence-electron chi connectivity index (χ1n) is 8.54. The van der Waals surface area contributed by atoms with E-state index in [1.807, 2.05) is 50.3 Å². The minimum Gasteiger partial charge on any atom is -0.490 e. The number of hydrogen-bond acceptors (Lipinski definition) is 3. The number of rotatable bonds is 8. The summed E-state index contributed by atoms with van der Waals surface area (Å²) in [5.74, 6) is 1.41. The Hall–Kier alpha value is -2.70. The number of hydrogen-bond donors (Lipinski definition) is 0. The van der Waals surface area contributed by atoms with Crippen LogP contribution in [0.4, 0.5) is 0 Å². The molecule has 0 unspecified atom stereocenters. The number of nitriles is 1. The predicted molar refractivity (Wildman–Crippen MR) is 108 cm³/mol. The maximum atomic E-state index is 9.57. The van der Waals surface area contributed by atoms with E-state index in [9.17, 15) is 5.26 Å². The maximum absolute atomic E-state index is 9.57. The molecule has 0 heterocycles. The third-order valence-corrected chi connectivity index (χ3v) is 3.95. The summed E-state index contributed by atoms with van der Waals surface area (Å²) in [5, 5.41) is 10.2. The van der Waals surface area contributed by atoms with Crippen molar-refractivity contribution in [3.8, 4) is 17.6 Å². The summed E-state index contributed by atoms with van der Waals surface area (Å²) in [6.07, 6.45) is 4.32. The van der Waals surface area contributed by atoms with Crippen LogP contribution in [0, 0.1) is 11.3 Å². The van der Waals surface area contributed by atoms with Gasteiger partial charge < -0.3 is 9.47 Å². The molecule has 0 aliphatic carbocycles. The standard InChI is InChI=1S/C22H22ClNO2/c1-4-7-18-12-16(14-21(25-5-2)22(18)26-6-3)13-19(15-24)17-8-10-20(23)11-9-17/h4,8-14H,1,5-7H2,2-3H3. The lowest BCUT2D eigenvalue weighted by Gasteiger charge is -2.16. The molecule has 0 bridgehead atoms. The molecule has 0 saturated carbocycles. The van der Waals surface area contributed by atoms with Gasteiger partial charge in [0.15, 0.2) is 11.5 Å². The van der Waals surface area contributed by atoms with E-state index < -0.39 is 0 Å². The lowest BCUT2D eigenvalue weighted by molar-refractivity contribution is 0.285. The number of benzene rings is 2. The molecule has 0 radical (unpaired) electrons. The van der Waals surface area contributed by atoms with E-state index in [-0.39, 0.29) is 0 Å². The molecular weight excluding hydrogens is 346 g/mol. The van der Waals surface area contributed by atoms with Gasteiger partial charge in [-0.05, 0) is 61.7 Å². The zero-order chi connectivity index (χ0) is 18.9. The van der Waals surface area contributed by atoms with Crippen LogP contribution in [0.3, 0.4) is 0 Å². The molecule has 0 spiro atoms. The zero-order valence-corrected chi connectivity index (χ0v) is 15.8. The first-order chi connectivity index (χ1) is 12.6. The summed E-state index contributed by atoms with van der Waals surface area (Å²) in [5.41, 5.74) is 3.22. The zero-order valence-electron chi connectivity index (χ0n) is 15.1. The van der Waals surface area contributed by atoms with Gasteiger partial charge in [-0.25, -0.2) is 0 Å². The van der Waals surface area contributed by atoms with Crippen molar-refractivity contribution in [1.82, 2.24) is 0 Å². The summed E-state index contributed by atoms with van der Waals surface area (Å²) in [4.78, 5) is 0. The molecule has 2 aromatic rings. The quantitative estimate of drug-likeness (QED) is 0.330. The van der Waals surface area contributed by atoms with Gasteiger partial charge in [-0.1, -0.05) is 29.8 Å². The van der Waals surface area contributed by atoms with Gasteiger partial charge in [-0.2, -0.15) is 5.26 Å². The fraction of sp³-hybridized carbons (Fsp3) is 0.227. The van der Waals surface area contributed by atoms with Crippen LogP contribution >= 0.6 is 11.6 Å². The van der Waals surface area contributed by atoms with Crippen LogP contribution in [0.15, 0.2) is 49.1 Å². The van der Waals surface area contributed by atoms with Crippen molar-refractivity contribution in [2.45, 2.75) is 20.3 Å². The Morgan fingerprint density at radius 2 is 1.85 bits per heavy atom. The summed E-state index contributed by atoms with van der Waals surface area (Å²) >= 11 is 5.94. The SMILES string of the molecule is C=CCc1cc(C=C(C#N)c2ccc(Cl)cc2)cc(OCC)c1OCC. The minimum absolute atomic E-state index is 0.531. The molecule has 2 aromatic carbocycles. The van der Waals surface area contributed by atoms with Gasteiger partial charge >= 0.3 is 0 Å². The summed E-state index contributed by atoms with van der Waals surface area (Å²) in [7, 11) is 0. The van der Waals surface area contributed by atoms with E-state index in [4.69, 9.17) is 21.1 Å². The molecule has 0 aromatic heterocycles. The molecule has 0 aliphatic rings.